The number of aliphatic hydroxyl groups is 1. The van der Waals surface area contributed by atoms with Crippen LogP contribution in [0.5, 0.6) is 0 Å². The summed E-state index contributed by atoms with van der Waals surface area (Å²) < 4.78 is 0. The van der Waals surface area contributed by atoms with Crippen molar-refractivity contribution in [3.8, 4) is 0 Å². The summed E-state index contributed by atoms with van der Waals surface area (Å²) in [4.78, 5) is 24.4. The van der Waals surface area contributed by atoms with Gasteiger partial charge in [0.05, 0.1) is 17.1 Å². The number of aryl methyl sites for hydroxylation is 1. The summed E-state index contributed by atoms with van der Waals surface area (Å²) in [5.41, 5.74) is 2.75. The van der Waals surface area contributed by atoms with E-state index in [1.165, 1.54) is 11.8 Å². The number of para-hydroxylation sites is 1. The molecule has 1 aliphatic rings. The van der Waals surface area contributed by atoms with Crippen LogP contribution in [0.25, 0.3) is 0 Å². The first-order chi connectivity index (χ1) is 12.6. The number of thioether (sulfide) groups is 1. The first-order valence-corrected chi connectivity index (χ1v) is 9.68. The first kappa shape index (κ1) is 18.5. The molecule has 2 unspecified atom stereocenters. The summed E-state index contributed by atoms with van der Waals surface area (Å²) in [6.07, 6.45) is 0.773. The second-order valence-electron chi connectivity index (χ2n) is 6.22. The SMILES string of the molecule is O=C(CSC1CCc2ccccc2NC1=O)NCC(O)c1ccccc1. The van der Waals surface area contributed by atoms with Crippen molar-refractivity contribution in [3.63, 3.8) is 0 Å². The topological polar surface area (TPSA) is 78.4 Å². The van der Waals surface area contributed by atoms with Crippen LogP contribution in [0.1, 0.15) is 23.7 Å². The van der Waals surface area contributed by atoms with Gasteiger partial charge in [-0.25, -0.2) is 0 Å². The van der Waals surface area contributed by atoms with Gasteiger partial charge in [0, 0.05) is 12.2 Å². The van der Waals surface area contributed by atoms with Crippen LogP contribution in [0.2, 0.25) is 0 Å². The van der Waals surface area contributed by atoms with Crippen LogP contribution in [-0.4, -0.2) is 34.5 Å². The molecule has 3 rings (SSSR count). The Balaban J connectivity index is 1.45. The highest BCUT2D eigenvalue weighted by Gasteiger charge is 2.24. The summed E-state index contributed by atoms with van der Waals surface area (Å²) in [7, 11) is 0. The van der Waals surface area contributed by atoms with Gasteiger partial charge in [0.15, 0.2) is 0 Å². The fraction of sp³-hybridized carbons (Fsp3) is 0.300. The zero-order chi connectivity index (χ0) is 18.4. The number of carbonyl (C=O) groups excluding carboxylic acids is 2. The lowest BCUT2D eigenvalue weighted by Gasteiger charge is -2.14. The Morgan fingerprint density at radius 2 is 1.92 bits per heavy atom. The van der Waals surface area contributed by atoms with Gasteiger partial charge < -0.3 is 15.7 Å². The van der Waals surface area contributed by atoms with Crippen molar-refractivity contribution in [3.05, 3.63) is 65.7 Å². The number of amides is 2. The molecule has 0 saturated carbocycles. The number of hydrogen-bond acceptors (Lipinski definition) is 4. The Bertz CT molecular complexity index is 767. The predicted octanol–water partition coefficient (Wildman–Crippen LogP) is 2.52. The summed E-state index contributed by atoms with van der Waals surface area (Å²) in [5.74, 6) is -0.0488. The van der Waals surface area contributed by atoms with E-state index in [1.807, 2.05) is 54.6 Å². The van der Waals surface area contributed by atoms with Gasteiger partial charge in [-0.1, -0.05) is 48.5 Å². The van der Waals surface area contributed by atoms with Crippen molar-refractivity contribution in [2.45, 2.75) is 24.2 Å². The number of aliphatic hydroxyl groups excluding tert-OH is 1. The minimum atomic E-state index is -0.735. The van der Waals surface area contributed by atoms with Gasteiger partial charge in [-0.15, -0.1) is 11.8 Å². The van der Waals surface area contributed by atoms with E-state index in [4.69, 9.17) is 0 Å². The molecule has 3 N–H and O–H groups in total. The molecule has 1 heterocycles. The molecule has 0 aliphatic carbocycles. The molecule has 0 fully saturated rings. The fourth-order valence-electron chi connectivity index (χ4n) is 2.88. The first-order valence-electron chi connectivity index (χ1n) is 8.63. The standard InChI is InChI=1S/C20H22N2O3S/c23-17(15-7-2-1-3-8-15)12-21-19(24)13-26-18-11-10-14-6-4-5-9-16(14)22-20(18)25/h1-9,17-18,23H,10-13H2,(H,21,24)(H,22,25). The highest BCUT2D eigenvalue weighted by molar-refractivity contribution is 8.01. The van der Waals surface area contributed by atoms with Crippen LogP contribution in [0.3, 0.4) is 0 Å². The zero-order valence-electron chi connectivity index (χ0n) is 14.4. The largest absolute Gasteiger partial charge is 0.387 e. The van der Waals surface area contributed by atoms with Crippen molar-refractivity contribution in [2.24, 2.45) is 0 Å². The van der Waals surface area contributed by atoms with Gasteiger partial charge in [0.1, 0.15) is 0 Å². The molecule has 26 heavy (non-hydrogen) atoms. The maximum atomic E-state index is 12.3. The molecule has 6 heteroatoms. The van der Waals surface area contributed by atoms with Gasteiger partial charge in [-0.2, -0.15) is 0 Å². The number of anilines is 1. The van der Waals surface area contributed by atoms with Crippen LogP contribution >= 0.6 is 11.8 Å². The second kappa shape index (κ2) is 8.87. The summed E-state index contributed by atoms with van der Waals surface area (Å²) in [6, 6.07) is 17.0. The van der Waals surface area contributed by atoms with Crippen LogP contribution in [0, 0.1) is 0 Å². The third-order valence-corrected chi connectivity index (χ3v) is 5.62. The molecular formula is C20H22N2O3S. The minimum Gasteiger partial charge on any atom is -0.387 e. The van der Waals surface area contributed by atoms with Crippen molar-refractivity contribution in [2.75, 3.05) is 17.6 Å². The highest BCUT2D eigenvalue weighted by Crippen LogP contribution is 2.27. The number of nitrogens with one attached hydrogen (secondary N) is 2. The normalized spacial score (nSPS) is 17.6. The van der Waals surface area contributed by atoms with E-state index in [9.17, 15) is 14.7 Å². The third kappa shape index (κ3) is 4.86. The second-order valence-corrected chi connectivity index (χ2v) is 7.41. The fourth-order valence-corrected chi connectivity index (χ4v) is 3.83. The predicted molar refractivity (Wildman–Crippen MR) is 104 cm³/mol. The molecule has 2 amide bonds. The van der Waals surface area contributed by atoms with E-state index in [2.05, 4.69) is 10.6 Å². The molecule has 1 aliphatic heterocycles. The minimum absolute atomic E-state index is 0.0583. The zero-order valence-corrected chi connectivity index (χ0v) is 15.2. The maximum absolute atomic E-state index is 12.3. The number of benzene rings is 2. The third-order valence-electron chi connectivity index (χ3n) is 4.34. The molecule has 2 aromatic rings. The number of hydrogen-bond donors (Lipinski definition) is 3. The highest BCUT2D eigenvalue weighted by atomic mass is 32.2. The molecule has 0 saturated heterocycles. The Morgan fingerprint density at radius 3 is 2.73 bits per heavy atom. The molecule has 0 bridgehead atoms. The van der Waals surface area contributed by atoms with E-state index >= 15 is 0 Å². The van der Waals surface area contributed by atoms with Crippen LogP contribution < -0.4 is 10.6 Å². The average Bonchev–Trinajstić information content (AvgIpc) is 2.83. The smallest absolute Gasteiger partial charge is 0.237 e. The van der Waals surface area contributed by atoms with Crippen LogP contribution in [0.4, 0.5) is 5.69 Å². The Hall–Kier alpha value is -2.31. The van der Waals surface area contributed by atoms with E-state index in [1.54, 1.807) is 0 Å². The van der Waals surface area contributed by atoms with Crippen molar-refractivity contribution >= 4 is 29.3 Å². The summed E-state index contributed by atoms with van der Waals surface area (Å²) >= 11 is 1.34. The number of carbonyl (C=O) groups is 2. The van der Waals surface area contributed by atoms with Crippen molar-refractivity contribution in [1.82, 2.24) is 5.32 Å². The Kier molecular flexibility index (Phi) is 6.30. The lowest BCUT2D eigenvalue weighted by molar-refractivity contribution is -0.119. The lowest BCUT2D eigenvalue weighted by atomic mass is 10.1. The van der Waals surface area contributed by atoms with Crippen molar-refractivity contribution < 1.29 is 14.7 Å². The quantitative estimate of drug-likeness (QED) is 0.730. The number of rotatable bonds is 6. The van der Waals surface area contributed by atoms with Gasteiger partial charge in [-0.3, -0.25) is 9.59 Å². The van der Waals surface area contributed by atoms with Gasteiger partial charge in [0.2, 0.25) is 11.8 Å². The molecule has 0 spiro atoms. The molecule has 2 aromatic carbocycles. The molecular weight excluding hydrogens is 348 g/mol. The van der Waals surface area contributed by atoms with Crippen LogP contribution in [0.15, 0.2) is 54.6 Å². The van der Waals surface area contributed by atoms with Gasteiger partial charge in [0.25, 0.3) is 0 Å². The van der Waals surface area contributed by atoms with Crippen molar-refractivity contribution in [1.29, 1.82) is 0 Å². The molecule has 0 aromatic heterocycles. The Morgan fingerprint density at radius 1 is 1.19 bits per heavy atom. The Labute approximate surface area is 157 Å². The molecule has 136 valence electrons. The monoisotopic (exact) mass is 370 g/mol. The molecule has 0 radical (unpaired) electrons. The average molecular weight is 370 g/mol. The molecule has 2 atom stereocenters. The maximum Gasteiger partial charge on any atom is 0.237 e. The van der Waals surface area contributed by atoms with Crippen LogP contribution in [-0.2, 0) is 16.0 Å². The van der Waals surface area contributed by atoms with E-state index in [0.717, 1.165) is 23.2 Å². The molecule has 5 nitrogen and oxygen atoms in total. The van der Waals surface area contributed by atoms with E-state index in [0.29, 0.717) is 6.42 Å². The van der Waals surface area contributed by atoms with E-state index in [-0.39, 0.29) is 29.4 Å². The lowest BCUT2D eigenvalue weighted by Crippen LogP contribution is -2.32. The van der Waals surface area contributed by atoms with E-state index < -0.39 is 6.10 Å². The van der Waals surface area contributed by atoms with Gasteiger partial charge in [-0.05, 0) is 30.0 Å². The summed E-state index contributed by atoms with van der Waals surface area (Å²) in [6.45, 7) is 0.158. The van der Waals surface area contributed by atoms with Gasteiger partial charge >= 0.3 is 0 Å². The summed E-state index contributed by atoms with van der Waals surface area (Å²) in [5, 5.41) is 15.5. The number of fused-ring (bicyclic) bond motifs is 1.